The molecule has 1 aliphatic heterocycles. The van der Waals surface area contributed by atoms with Crippen LogP contribution in [0.25, 0.3) is 0 Å². The number of hydrogen-bond donors (Lipinski definition) is 1. The standard InChI is InChI=1S/C14H25N3O2/c15-6-5-12-1-3-13(4-2-12)14(19)17-9-7-16(11-18)8-10-17/h11-13H,1-10,15H2. The molecule has 2 rings (SSSR count). The zero-order valence-electron chi connectivity index (χ0n) is 11.6. The summed E-state index contributed by atoms with van der Waals surface area (Å²) in [4.78, 5) is 26.7. The summed E-state index contributed by atoms with van der Waals surface area (Å²) in [6.07, 6.45) is 6.28. The molecule has 0 aromatic rings. The van der Waals surface area contributed by atoms with Gasteiger partial charge in [-0.05, 0) is 44.6 Å². The van der Waals surface area contributed by atoms with Crippen LogP contribution in [0.3, 0.4) is 0 Å². The third-order valence-corrected chi connectivity index (χ3v) is 4.55. The molecule has 0 atom stereocenters. The lowest BCUT2D eigenvalue weighted by Gasteiger charge is -2.36. The van der Waals surface area contributed by atoms with Gasteiger partial charge in [-0.3, -0.25) is 9.59 Å². The van der Waals surface area contributed by atoms with Crippen molar-refractivity contribution in [2.75, 3.05) is 32.7 Å². The maximum absolute atomic E-state index is 12.4. The zero-order chi connectivity index (χ0) is 13.7. The van der Waals surface area contributed by atoms with Gasteiger partial charge in [-0.25, -0.2) is 0 Å². The van der Waals surface area contributed by atoms with Gasteiger partial charge < -0.3 is 15.5 Å². The van der Waals surface area contributed by atoms with Crippen LogP contribution in [0.1, 0.15) is 32.1 Å². The molecular formula is C14H25N3O2. The van der Waals surface area contributed by atoms with Crippen molar-refractivity contribution in [2.45, 2.75) is 32.1 Å². The minimum absolute atomic E-state index is 0.205. The van der Waals surface area contributed by atoms with Gasteiger partial charge in [0.1, 0.15) is 0 Å². The second kappa shape index (κ2) is 6.89. The lowest BCUT2D eigenvalue weighted by molar-refractivity contribution is -0.140. The molecule has 2 N–H and O–H groups in total. The molecule has 19 heavy (non-hydrogen) atoms. The summed E-state index contributed by atoms with van der Waals surface area (Å²) in [5.74, 6) is 1.23. The monoisotopic (exact) mass is 267 g/mol. The first-order chi connectivity index (χ1) is 9.24. The summed E-state index contributed by atoms with van der Waals surface area (Å²) in [5.41, 5.74) is 5.59. The van der Waals surface area contributed by atoms with Gasteiger partial charge in [-0.1, -0.05) is 0 Å². The molecule has 2 amide bonds. The van der Waals surface area contributed by atoms with Gasteiger partial charge in [-0.15, -0.1) is 0 Å². The number of carbonyl (C=O) groups is 2. The molecular weight excluding hydrogens is 242 g/mol. The van der Waals surface area contributed by atoms with E-state index in [0.29, 0.717) is 32.1 Å². The summed E-state index contributed by atoms with van der Waals surface area (Å²) in [6.45, 7) is 3.51. The number of carbonyl (C=O) groups excluding carboxylic acids is 2. The van der Waals surface area contributed by atoms with E-state index in [1.165, 1.54) is 0 Å². The Morgan fingerprint density at radius 2 is 1.74 bits per heavy atom. The SMILES string of the molecule is NCCC1CCC(C(=O)N2CCN(C=O)CC2)CC1. The van der Waals surface area contributed by atoms with Crippen LogP contribution in [0.5, 0.6) is 0 Å². The number of amides is 2. The Morgan fingerprint density at radius 3 is 2.26 bits per heavy atom. The van der Waals surface area contributed by atoms with Gasteiger partial charge in [0.25, 0.3) is 0 Å². The predicted octanol–water partition coefficient (Wildman–Crippen LogP) is 0.442. The van der Waals surface area contributed by atoms with Crippen LogP contribution in [0, 0.1) is 11.8 Å². The molecule has 2 aliphatic rings. The van der Waals surface area contributed by atoms with E-state index < -0.39 is 0 Å². The van der Waals surface area contributed by atoms with Crippen molar-refractivity contribution in [3.8, 4) is 0 Å². The van der Waals surface area contributed by atoms with Crippen molar-refractivity contribution in [1.29, 1.82) is 0 Å². The van der Waals surface area contributed by atoms with E-state index in [9.17, 15) is 9.59 Å². The number of hydrogen-bond acceptors (Lipinski definition) is 3. The third-order valence-electron chi connectivity index (χ3n) is 4.55. The van der Waals surface area contributed by atoms with Crippen LogP contribution in [0.4, 0.5) is 0 Å². The lowest BCUT2D eigenvalue weighted by Crippen LogP contribution is -2.50. The average Bonchev–Trinajstić information content (AvgIpc) is 2.48. The number of rotatable bonds is 4. The molecule has 1 saturated carbocycles. The van der Waals surface area contributed by atoms with E-state index in [-0.39, 0.29) is 5.92 Å². The van der Waals surface area contributed by atoms with E-state index in [1.54, 1.807) is 4.90 Å². The van der Waals surface area contributed by atoms with Crippen molar-refractivity contribution in [2.24, 2.45) is 17.6 Å². The Balaban J connectivity index is 1.77. The van der Waals surface area contributed by atoms with Gasteiger partial charge >= 0.3 is 0 Å². The van der Waals surface area contributed by atoms with Crippen LogP contribution in [-0.4, -0.2) is 54.8 Å². The van der Waals surface area contributed by atoms with E-state index >= 15 is 0 Å². The molecule has 1 heterocycles. The van der Waals surface area contributed by atoms with Crippen molar-refractivity contribution < 1.29 is 9.59 Å². The fourth-order valence-corrected chi connectivity index (χ4v) is 3.24. The Morgan fingerprint density at radius 1 is 1.11 bits per heavy atom. The minimum atomic E-state index is 0.205. The maximum Gasteiger partial charge on any atom is 0.225 e. The van der Waals surface area contributed by atoms with Crippen molar-refractivity contribution >= 4 is 12.3 Å². The summed E-state index contributed by atoms with van der Waals surface area (Å²) in [5, 5.41) is 0. The van der Waals surface area contributed by atoms with Crippen LogP contribution in [0.2, 0.25) is 0 Å². The molecule has 0 aromatic carbocycles. The molecule has 5 nitrogen and oxygen atoms in total. The highest BCUT2D eigenvalue weighted by Crippen LogP contribution is 2.31. The zero-order valence-corrected chi connectivity index (χ0v) is 11.6. The summed E-state index contributed by atoms with van der Waals surface area (Å²) < 4.78 is 0. The van der Waals surface area contributed by atoms with Gasteiger partial charge in [0.15, 0.2) is 0 Å². The van der Waals surface area contributed by atoms with Gasteiger partial charge in [0, 0.05) is 32.1 Å². The molecule has 0 bridgehead atoms. The van der Waals surface area contributed by atoms with Crippen molar-refractivity contribution in [3.63, 3.8) is 0 Å². The fourth-order valence-electron chi connectivity index (χ4n) is 3.24. The number of nitrogens with two attached hydrogens (primary N) is 1. The van der Waals surface area contributed by atoms with E-state index in [2.05, 4.69) is 0 Å². The van der Waals surface area contributed by atoms with Gasteiger partial charge in [0.05, 0.1) is 0 Å². The summed E-state index contributed by atoms with van der Waals surface area (Å²) in [7, 11) is 0. The van der Waals surface area contributed by atoms with Crippen LogP contribution in [0.15, 0.2) is 0 Å². The summed E-state index contributed by atoms with van der Waals surface area (Å²) in [6, 6.07) is 0. The third kappa shape index (κ3) is 3.69. The molecule has 1 aliphatic carbocycles. The van der Waals surface area contributed by atoms with Gasteiger partial charge in [0.2, 0.25) is 12.3 Å². The van der Waals surface area contributed by atoms with Crippen LogP contribution < -0.4 is 5.73 Å². The van der Waals surface area contributed by atoms with Gasteiger partial charge in [-0.2, -0.15) is 0 Å². The predicted molar refractivity (Wildman–Crippen MR) is 73.3 cm³/mol. The Kier molecular flexibility index (Phi) is 5.19. The second-order valence-corrected chi connectivity index (χ2v) is 5.76. The fraction of sp³-hybridized carbons (Fsp3) is 0.857. The Bertz CT molecular complexity index is 306. The summed E-state index contributed by atoms with van der Waals surface area (Å²) >= 11 is 0. The van der Waals surface area contributed by atoms with E-state index in [1.807, 2.05) is 4.90 Å². The Hall–Kier alpha value is -1.10. The van der Waals surface area contributed by atoms with E-state index in [4.69, 9.17) is 5.73 Å². The van der Waals surface area contributed by atoms with E-state index in [0.717, 1.165) is 51.0 Å². The molecule has 2 fully saturated rings. The van der Waals surface area contributed by atoms with Crippen molar-refractivity contribution in [3.05, 3.63) is 0 Å². The first-order valence-electron chi connectivity index (χ1n) is 7.42. The average molecular weight is 267 g/mol. The van der Waals surface area contributed by atoms with Crippen LogP contribution in [-0.2, 0) is 9.59 Å². The normalized spacial score (nSPS) is 28.3. The quantitative estimate of drug-likeness (QED) is 0.752. The Labute approximate surface area is 115 Å². The highest BCUT2D eigenvalue weighted by atomic mass is 16.2. The second-order valence-electron chi connectivity index (χ2n) is 5.76. The maximum atomic E-state index is 12.4. The molecule has 0 spiro atoms. The molecule has 5 heteroatoms. The van der Waals surface area contributed by atoms with Crippen molar-refractivity contribution in [1.82, 2.24) is 9.80 Å². The largest absolute Gasteiger partial charge is 0.342 e. The topological polar surface area (TPSA) is 66.6 Å². The number of nitrogens with zero attached hydrogens (tertiary/aromatic N) is 2. The first kappa shape index (κ1) is 14.3. The molecule has 0 radical (unpaired) electrons. The molecule has 108 valence electrons. The lowest BCUT2D eigenvalue weighted by atomic mass is 9.80. The number of piperazine rings is 1. The smallest absolute Gasteiger partial charge is 0.225 e. The highest BCUT2D eigenvalue weighted by molar-refractivity contribution is 5.79. The minimum Gasteiger partial charge on any atom is -0.342 e. The highest BCUT2D eigenvalue weighted by Gasteiger charge is 2.30. The first-order valence-corrected chi connectivity index (χ1v) is 7.42. The molecule has 0 unspecified atom stereocenters. The molecule has 1 saturated heterocycles. The molecule has 0 aromatic heterocycles. The van der Waals surface area contributed by atoms with Crippen LogP contribution >= 0.6 is 0 Å².